The van der Waals surface area contributed by atoms with Crippen LogP contribution in [0.15, 0.2) is 30.5 Å². The van der Waals surface area contributed by atoms with E-state index >= 15 is 0 Å². The molecule has 108 valence electrons. The lowest BCUT2D eigenvalue weighted by molar-refractivity contribution is -0.385. The van der Waals surface area contributed by atoms with Crippen molar-refractivity contribution < 1.29 is 14.6 Å². The van der Waals surface area contributed by atoms with Crippen molar-refractivity contribution >= 4 is 33.1 Å². The monoisotopic (exact) mass is 308 g/mol. The first kappa shape index (κ1) is 14.5. The highest BCUT2D eigenvalue weighted by Gasteiger charge is 2.17. The van der Waals surface area contributed by atoms with Crippen LogP contribution in [0.4, 0.5) is 15.8 Å². The first-order valence-corrected chi connectivity index (χ1v) is 6.41. The van der Waals surface area contributed by atoms with Crippen LogP contribution in [0.25, 0.3) is 0 Å². The predicted molar refractivity (Wildman–Crippen MR) is 74.2 cm³/mol. The van der Waals surface area contributed by atoms with Gasteiger partial charge in [0, 0.05) is 11.6 Å². The van der Waals surface area contributed by atoms with Gasteiger partial charge in [0.2, 0.25) is 5.91 Å². The second-order valence-electron chi connectivity index (χ2n) is 3.87. The van der Waals surface area contributed by atoms with Crippen LogP contribution in [-0.2, 0) is 11.2 Å². The Hall–Kier alpha value is -2.88. The van der Waals surface area contributed by atoms with E-state index in [4.69, 9.17) is 0 Å². The lowest BCUT2D eigenvalue weighted by Gasteiger charge is -2.02. The molecule has 2 aromatic rings. The summed E-state index contributed by atoms with van der Waals surface area (Å²) in [6.45, 7) is 0. The molecule has 0 fully saturated rings. The van der Waals surface area contributed by atoms with Gasteiger partial charge in [-0.1, -0.05) is 18.2 Å². The van der Waals surface area contributed by atoms with Crippen LogP contribution in [0.2, 0.25) is 0 Å². The molecular formula is C11H8N4O5S. The fourth-order valence-electron chi connectivity index (χ4n) is 1.58. The minimum atomic E-state index is -0.616. The Balaban J connectivity index is 2.08. The second kappa shape index (κ2) is 6.05. The number of nitrogens with zero attached hydrogens (tertiary/aromatic N) is 3. The van der Waals surface area contributed by atoms with Crippen molar-refractivity contribution in [3.8, 4) is 0 Å². The number of rotatable bonds is 5. The van der Waals surface area contributed by atoms with Crippen LogP contribution < -0.4 is 5.32 Å². The molecule has 0 atom stereocenters. The van der Waals surface area contributed by atoms with Crippen LogP contribution in [0.1, 0.15) is 5.56 Å². The van der Waals surface area contributed by atoms with Gasteiger partial charge < -0.3 is 5.32 Å². The summed E-state index contributed by atoms with van der Waals surface area (Å²) in [5.41, 5.74) is 0.101. The van der Waals surface area contributed by atoms with Crippen molar-refractivity contribution in [3.63, 3.8) is 0 Å². The third-order valence-corrected chi connectivity index (χ3v) is 3.32. The SMILES string of the molecule is O=C(Cc1ccccc1[N+](=O)[O-])Nc1ncc([N+](=O)[O-])s1. The summed E-state index contributed by atoms with van der Waals surface area (Å²) in [6.07, 6.45) is 0.815. The first-order valence-electron chi connectivity index (χ1n) is 5.59. The largest absolute Gasteiger partial charge is 0.345 e. The number of nitro benzene ring substituents is 1. The molecule has 0 saturated carbocycles. The van der Waals surface area contributed by atoms with Crippen molar-refractivity contribution in [1.29, 1.82) is 0 Å². The summed E-state index contributed by atoms with van der Waals surface area (Å²) in [6, 6.07) is 5.87. The normalized spacial score (nSPS) is 10.1. The number of hydrogen-bond donors (Lipinski definition) is 1. The van der Waals surface area contributed by atoms with E-state index in [0.717, 1.165) is 6.20 Å². The Labute approximate surface area is 121 Å². The van der Waals surface area contributed by atoms with Crippen molar-refractivity contribution in [2.24, 2.45) is 0 Å². The van der Waals surface area contributed by atoms with E-state index in [2.05, 4.69) is 10.3 Å². The van der Waals surface area contributed by atoms with Crippen LogP contribution in [-0.4, -0.2) is 20.7 Å². The molecule has 21 heavy (non-hydrogen) atoms. The zero-order chi connectivity index (χ0) is 15.4. The summed E-state index contributed by atoms with van der Waals surface area (Å²) in [4.78, 5) is 35.6. The van der Waals surface area contributed by atoms with Crippen LogP contribution in [0.3, 0.4) is 0 Å². The average Bonchev–Trinajstić information content (AvgIpc) is 2.87. The molecule has 10 heteroatoms. The molecule has 0 spiro atoms. The summed E-state index contributed by atoms with van der Waals surface area (Å²) >= 11 is 0.714. The van der Waals surface area contributed by atoms with E-state index < -0.39 is 15.8 Å². The number of nitrogens with one attached hydrogen (secondary N) is 1. The van der Waals surface area contributed by atoms with Gasteiger partial charge in [-0.15, -0.1) is 0 Å². The van der Waals surface area contributed by atoms with E-state index in [1.165, 1.54) is 18.2 Å². The summed E-state index contributed by atoms with van der Waals surface area (Å²) < 4.78 is 0. The molecule has 1 N–H and O–H groups in total. The second-order valence-corrected chi connectivity index (χ2v) is 4.88. The van der Waals surface area contributed by atoms with E-state index in [0.29, 0.717) is 11.3 Å². The van der Waals surface area contributed by atoms with Gasteiger partial charge >= 0.3 is 5.00 Å². The number of carbonyl (C=O) groups excluding carboxylic acids is 1. The summed E-state index contributed by atoms with van der Waals surface area (Å²) in [7, 11) is 0. The van der Waals surface area contributed by atoms with Crippen molar-refractivity contribution in [2.75, 3.05) is 5.32 Å². The number of aromatic nitrogens is 1. The lowest BCUT2D eigenvalue weighted by atomic mass is 10.1. The molecule has 1 amide bonds. The van der Waals surface area contributed by atoms with E-state index in [9.17, 15) is 25.0 Å². The molecule has 0 unspecified atom stereocenters. The van der Waals surface area contributed by atoms with Gasteiger partial charge in [0.25, 0.3) is 5.69 Å². The molecule has 0 aliphatic rings. The molecule has 0 aliphatic heterocycles. The van der Waals surface area contributed by atoms with Gasteiger partial charge in [-0.3, -0.25) is 25.0 Å². The molecule has 0 saturated heterocycles. The number of anilines is 1. The zero-order valence-electron chi connectivity index (χ0n) is 10.4. The third-order valence-electron chi connectivity index (χ3n) is 2.46. The fourth-order valence-corrected chi connectivity index (χ4v) is 2.23. The quantitative estimate of drug-likeness (QED) is 0.665. The van der Waals surface area contributed by atoms with Gasteiger partial charge in [0.15, 0.2) is 5.13 Å². The van der Waals surface area contributed by atoms with Crippen LogP contribution in [0.5, 0.6) is 0 Å². The summed E-state index contributed by atoms with van der Waals surface area (Å²) in [5, 5.41) is 23.6. The Morgan fingerprint density at radius 1 is 1.24 bits per heavy atom. The zero-order valence-corrected chi connectivity index (χ0v) is 11.2. The average molecular weight is 308 g/mol. The first-order chi connectivity index (χ1) is 9.97. The van der Waals surface area contributed by atoms with Crippen molar-refractivity contribution in [3.05, 3.63) is 56.3 Å². The molecule has 1 heterocycles. The molecule has 1 aromatic carbocycles. The van der Waals surface area contributed by atoms with Gasteiger partial charge in [-0.2, -0.15) is 0 Å². The Morgan fingerprint density at radius 3 is 2.57 bits per heavy atom. The van der Waals surface area contributed by atoms with Crippen molar-refractivity contribution in [2.45, 2.75) is 6.42 Å². The number of thiazole rings is 1. The Bertz CT molecular complexity index is 714. The summed E-state index contributed by atoms with van der Waals surface area (Å²) in [5.74, 6) is -0.534. The Morgan fingerprint density at radius 2 is 1.95 bits per heavy atom. The molecule has 0 radical (unpaired) electrons. The molecule has 1 aromatic heterocycles. The molecule has 0 bridgehead atoms. The number of carbonyl (C=O) groups is 1. The highest BCUT2D eigenvalue weighted by atomic mass is 32.1. The number of hydrogen-bond acceptors (Lipinski definition) is 7. The van der Waals surface area contributed by atoms with E-state index in [-0.39, 0.29) is 27.8 Å². The smallest absolute Gasteiger partial charge is 0.301 e. The van der Waals surface area contributed by atoms with Crippen LogP contribution in [0, 0.1) is 20.2 Å². The predicted octanol–water partition coefficient (Wildman–Crippen LogP) is 2.14. The maximum absolute atomic E-state index is 11.8. The number of amides is 1. The van der Waals surface area contributed by atoms with Gasteiger partial charge in [-0.25, -0.2) is 4.98 Å². The van der Waals surface area contributed by atoms with E-state index in [1.54, 1.807) is 6.07 Å². The van der Waals surface area contributed by atoms with E-state index in [1.807, 2.05) is 0 Å². The molecule has 0 aliphatic carbocycles. The van der Waals surface area contributed by atoms with Crippen molar-refractivity contribution in [1.82, 2.24) is 4.98 Å². The fraction of sp³-hybridized carbons (Fsp3) is 0.0909. The minimum Gasteiger partial charge on any atom is -0.301 e. The molecule has 2 rings (SSSR count). The molecular weight excluding hydrogens is 300 g/mol. The van der Waals surface area contributed by atoms with Gasteiger partial charge in [0.1, 0.15) is 6.20 Å². The standard InChI is InChI=1S/C11H8N4O5S/c16-9(13-11-12-6-10(21-11)15(19)20)5-7-3-1-2-4-8(7)14(17)18/h1-4,6H,5H2,(H,12,13,16). The third kappa shape index (κ3) is 3.57. The van der Waals surface area contributed by atoms with Crippen LogP contribution >= 0.6 is 11.3 Å². The maximum Gasteiger partial charge on any atom is 0.345 e. The molecule has 9 nitrogen and oxygen atoms in total. The highest BCUT2D eigenvalue weighted by molar-refractivity contribution is 7.18. The van der Waals surface area contributed by atoms with Gasteiger partial charge in [-0.05, 0) is 11.3 Å². The Kier molecular flexibility index (Phi) is 4.18. The number of nitro groups is 2. The number of benzene rings is 1. The highest BCUT2D eigenvalue weighted by Crippen LogP contribution is 2.25. The topological polar surface area (TPSA) is 128 Å². The number of para-hydroxylation sites is 1. The maximum atomic E-state index is 11.8. The minimum absolute atomic E-state index is 0.0743. The van der Waals surface area contributed by atoms with Gasteiger partial charge in [0.05, 0.1) is 16.3 Å². The lowest BCUT2D eigenvalue weighted by Crippen LogP contribution is -2.15.